The highest BCUT2D eigenvalue weighted by Crippen LogP contribution is 2.37. The van der Waals surface area contributed by atoms with Crippen molar-refractivity contribution in [2.75, 3.05) is 0 Å². The van der Waals surface area contributed by atoms with Crippen molar-refractivity contribution in [2.24, 2.45) is 0 Å². The molecule has 0 saturated heterocycles. The Balaban J connectivity index is 1.24. The van der Waals surface area contributed by atoms with Gasteiger partial charge in [0, 0.05) is 16.1 Å². The van der Waals surface area contributed by atoms with Crippen molar-refractivity contribution < 1.29 is 14.3 Å². The highest BCUT2D eigenvalue weighted by atomic mass is 31.0. The monoisotopic (exact) mass is 546 g/mol. The van der Waals surface area contributed by atoms with E-state index < -0.39 is 7.32 Å². The molecular formula is C36H24BO3P. The Morgan fingerprint density at radius 1 is 0.463 bits per heavy atom. The molecule has 0 amide bonds. The second-order valence-electron chi connectivity index (χ2n) is 10.5. The summed E-state index contributed by atoms with van der Waals surface area (Å²) in [4.78, 5) is 0. The lowest BCUT2D eigenvalue weighted by molar-refractivity contribution is 0.302. The quantitative estimate of drug-likeness (QED) is 0.104. The van der Waals surface area contributed by atoms with Crippen LogP contribution in [0.1, 0.15) is 0 Å². The molecule has 0 heterocycles. The van der Waals surface area contributed by atoms with Gasteiger partial charge in [-0.3, -0.25) is 0 Å². The van der Waals surface area contributed by atoms with E-state index in [1.165, 1.54) is 10.8 Å². The predicted molar refractivity (Wildman–Crippen MR) is 176 cm³/mol. The minimum absolute atomic E-state index is 0.567. The van der Waals surface area contributed by atoms with E-state index in [4.69, 9.17) is 9.31 Å². The van der Waals surface area contributed by atoms with Gasteiger partial charge in [0.05, 0.1) is 0 Å². The lowest BCUT2D eigenvalue weighted by atomic mass is 9.97. The third-order valence-electron chi connectivity index (χ3n) is 7.98. The fourth-order valence-corrected chi connectivity index (χ4v) is 6.36. The topological polar surface area (TPSA) is 38.7 Å². The van der Waals surface area contributed by atoms with Crippen LogP contribution in [0.25, 0.3) is 64.6 Å². The Labute approximate surface area is 239 Å². The van der Waals surface area contributed by atoms with Gasteiger partial charge < -0.3 is 14.3 Å². The van der Waals surface area contributed by atoms with E-state index in [1.807, 2.05) is 30.3 Å². The number of hydrogen-bond acceptors (Lipinski definition) is 3. The molecule has 0 saturated carbocycles. The van der Waals surface area contributed by atoms with Crippen molar-refractivity contribution in [3.8, 4) is 11.5 Å². The molecule has 3 nitrogen and oxygen atoms in total. The summed E-state index contributed by atoms with van der Waals surface area (Å²) in [6, 6.07) is 43.8. The standard InChI is InChI=1S/C36H24BO3P/c38-37(39-32-11-5-10-22-12-14-28-18-24-6-1-3-8-26(24)20-30(28)34(22)32)40-36-33(41)17-16-23-13-15-29-19-25-7-2-4-9-27(25)21-31(29)35(23)36/h1-21,38H,41H2. The Morgan fingerprint density at radius 2 is 0.951 bits per heavy atom. The Bertz CT molecular complexity index is 2310. The van der Waals surface area contributed by atoms with Gasteiger partial charge in [-0.1, -0.05) is 97.1 Å². The maximum Gasteiger partial charge on any atom is 0.785 e. The largest absolute Gasteiger partial charge is 0.785 e. The first-order chi connectivity index (χ1) is 20.1. The zero-order valence-electron chi connectivity index (χ0n) is 22.0. The van der Waals surface area contributed by atoms with Crippen LogP contribution in [0.3, 0.4) is 0 Å². The van der Waals surface area contributed by atoms with E-state index in [0.29, 0.717) is 11.5 Å². The van der Waals surface area contributed by atoms with Gasteiger partial charge in [-0.15, -0.1) is 9.24 Å². The first-order valence-electron chi connectivity index (χ1n) is 13.6. The van der Waals surface area contributed by atoms with Crippen LogP contribution in [0.4, 0.5) is 0 Å². The van der Waals surface area contributed by atoms with Crippen LogP contribution in [-0.2, 0) is 0 Å². The minimum atomic E-state index is -1.52. The number of rotatable bonds is 4. The number of hydrogen-bond donors (Lipinski definition) is 1. The molecule has 8 rings (SSSR count). The molecule has 0 aliphatic heterocycles. The molecule has 0 aliphatic rings. The van der Waals surface area contributed by atoms with Gasteiger partial charge in [0.15, 0.2) is 0 Å². The molecule has 0 aliphatic carbocycles. The first-order valence-corrected chi connectivity index (χ1v) is 14.2. The number of fused-ring (bicyclic) bond motifs is 8. The van der Waals surface area contributed by atoms with Crippen molar-refractivity contribution in [1.29, 1.82) is 0 Å². The molecule has 1 atom stereocenters. The van der Waals surface area contributed by atoms with Crippen LogP contribution in [0.2, 0.25) is 0 Å². The van der Waals surface area contributed by atoms with Crippen LogP contribution < -0.4 is 14.6 Å². The average Bonchev–Trinajstić information content (AvgIpc) is 3.00. The van der Waals surface area contributed by atoms with E-state index in [0.717, 1.165) is 59.2 Å². The molecule has 8 aromatic rings. The van der Waals surface area contributed by atoms with E-state index in [1.54, 1.807) is 0 Å². The summed E-state index contributed by atoms with van der Waals surface area (Å²) >= 11 is 0. The normalized spacial score (nSPS) is 11.7. The van der Waals surface area contributed by atoms with E-state index in [2.05, 4.69) is 106 Å². The van der Waals surface area contributed by atoms with Crippen LogP contribution in [-0.4, -0.2) is 12.3 Å². The van der Waals surface area contributed by atoms with Crippen molar-refractivity contribution in [3.63, 3.8) is 0 Å². The molecule has 8 aromatic carbocycles. The molecule has 194 valence electrons. The third-order valence-corrected chi connectivity index (χ3v) is 8.44. The van der Waals surface area contributed by atoms with Gasteiger partial charge in [0.2, 0.25) is 0 Å². The van der Waals surface area contributed by atoms with Gasteiger partial charge in [-0.2, -0.15) is 0 Å². The fourth-order valence-electron chi connectivity index (χ4n) is 6.05. The van der Waals surface area contributed by atoms with Gasteiger partial charge >= 0.3 is 7.32 Å². The summed E-state index contributed by atoms with van der Waals surface area (Å²) in [6.07, 6.45) is 0. The van der Waals surface area contributed by atoms with Crippen LogP contribution in [0.15, 0.2) is 127 Å². The number of benzene rings is 8. The Kier molecular flexibility index (Phi) is 5.60. The van der Waals surface area contributed by atoms with Gasteiger partial charge in [0.25, 0.3) is 0 Å². The molecule has 0 spiro atoms. The van der Waals surface area contributed by atoms with Gasteiger partial charge in [-0.05, 0) is 84.2 Å². The third kappa shape index (κ3) is 4.07. The van der Waals surface area contributed by atoms with Crippen LogP contribution >= 0.6 is 9.24 Å². The first kappa shape index (κ1) is 24.2. The zero-order chi connectivity index (χ0) is 27.5. The molecule has 0 bridgehead atoms. The smallest absolute Gasteiger partial charge is 0.500 e. The average molecular weight is 546 g/mol. The second kappa shape index (κ2) is 9.49. The van der Waals surface area contributed by atoms with Crippen molar-refractivity contribution >= 4 is 86.5 Å². The van der Waals surface area contributed by atoms with Crippen LogP contribution in [0.5, 0.6) is 11.5 Å². The highest BCUT2D eigenvalue weighted by Gasteiger charge is 2.25. The SMILES string of the molecule is OB(Oc1cccc2ccc3cc4ccccc4cc3c12)Oc1c(P)ccc2ccc3cc4ccccc4cc3c12. The minimum Gasteiger partial charge on any atom is -0.500 e. The maximum atomic E-state index is 11.2. The molecule has 0 radical (unpaired) electrons. The fraction of sp³-hybridized carbons (Fsp3) is 0. The molecule has 5 heteroatoms. The van der Waals surface area contributed by atoms with E-state index in [9.17, 15) is 5.02 Å². The lowest BCUT2D eigenvalue weighted by Gasteiger charge is -2.18. The molecular weight excluding hydrogens is 522 g/mol. The summed E-state index contributed by atoms with van der Waals surface area (Å²) in [5.74, 6) is 1.15. The molecule has 0 aromatic heterocycles. The summed E-state index contributed by atoms with van der Waals surface area (Å²) < 4.78 is 12.4. The summed E-state index contributed by atoms with van der Waals surface area (Å²) in [5, 5.41) is 25.1. The van der Waals surface area contributed by atoms with Crippen molar-refractivity contribution in [2.45, 2.75) is 0 Å². The molecule has 1 N–H and O–H groups in total. The second-order valence-corrected chi connectivity index (χ2v) is 11.1. The lowest BCUT2D eigenvalue weighted by Crippen LogP contribution is -2.31. The molecule has 41 heavy (non-hydrogen) atoms. The van der Waals surface area contributed by atoms with Gasteiger partial charge in [0.1, 0.15) is 11.5 Å². The van der Waals surface area contributed by atoms with E-state index >= 15 is 0 Å². The Morgan fingerprint density at radius 3 is 1.59 bits per heavy atom. The summed E-state index contributed by atoms with van der Waals surface area (Å²) in [7, 11) is 1.22. The summed E-state index contributed by atoms with van der Waals surface area (Å²) in [5.41, 5.74) is 0. The van der Waals surface area contributed by atoms with Crippen molar-refractivity contribution in [3.05, 3.63) is 127 Å². The summed E-state index contributed by atoms with van der Waals surface area (Å²) in [6.45, 7) is 0. The Hall–Kier alpha value is -4.63. The van der Waals surface area contributed by atoms with Gasteiger partial charge in [-0.25, -0.2) is 0 Å². The highest BCUT2D eigenvalue weighted by molar-refractivity contribution is 7.27. The van der Waals surface area contributed by atoms with E-state index in [-0.39, 0.29) is 0 Å². The maximum absolute atomic E-state index is 11.2. The van der Waals surface area contributed by atoms with Crippen LogP contribution in [0, 0.1) is 0 Å². The zero-order valence-corrected chi connectivity index (χ0v) is 23.2. The predicted octanol–water partition coefficient (Wildman–Crippen LogP) is 8.54. The molecule has 0 fully saturated rings. The molecule has 1 unspecified atom stereocenters. The van der Waals surface area contributed by atoms with Crippen molar-refractivity contribution in [1.82, 2.24) is 0 Å².